The van der Waals surface area contributed by atoms with Gasteiger partial charge in [0.25, 0.3) is 0 Å². The third-order valence-electron chi connectivity index (χ3n) is 4.83. The maximum atomic E-state index is 11.9. The first kappa shape index (κ1) is 21.0. The fraction of sp³-hybridized carbons (Fsp3) is 0.650. The van der Waals surface area contributed by atoms with Crippen LogP contribution in [0.3, 0.4) is 0 Å². The fourth-order valence-corrected chi connectivity index (χ4v) is 3.20. The summed E-state index contributed by atoms with van der Waals surface area (Å²) < 4.78 is 5.67. The first-order valence-corrected chi connectivity index (χ1v) is 10.1. The molecule has 2 rings (SSSR count). The molecule has 1 aromatic carbocycles. The van der Waals surface area contributed by atoms with E-state index in [0.29, 0.717) is 19.4 Å². The zero-order valence-electron chi connectivity index (χ0n) is 16.1. The van der Waals surface area contributed by atoms with Crippen molar-refractivity contribution < 1.29 is 9.53 Å². The van der Waals surface area contributed by atoms with Gasteiger partial charge in [-0.3, -0.25) is 4.79 Å². The number of benzene rings is 1. The topological polar surface area (TPSA) is 44.8 Å². The first-order chi connectivity index (χ1) is 12.6. The lowest BCUT2D eigenvalue weighted by atomic mass is 10.2. The monoisotopic (exact) mass is 381 g/mol. The van der Waals surface area contributed by atoms with E-state index < -0.39 is 0 Å². The van der Waals surface area contributed by atoms with Crippen molar-refractivity contribution in [1.82, 2.24) is 15.1 Å². The van der Waals surface area contributed by atoms with Gasteiger partial charge in [0.15, 0.2) is 0 Å². The lowest BCUT2D eigenvalue weighted by Gasteiger charge is -2.33. The summed E-state index contributed by atoms with van der Waals surface area (Å²) in [6.07, 6.45) is 2.23. The van der Waals surface area contributed by atoms with Crippen molar-refractivity contribution in [2.24, 2.45) is 0 Å². The highest BCUT2D eigenvalue weighted by molar-refractivity contribution is 6.31. The van der Waals surface area contributed by atoms with Gasteiger partial charge in [-0.15, -0.1) is 0 Å². The van der Waals surface area contributed by atoms with Crippen LogP contribution in [0.2, 0.25) is 5.02 Å². The number of hydrogen-bond donors (Lipinski definition) is 1. The van der Waals surface area contributed by atoms with E-state index in [2.05, 4.69) is 22.0 Å². The second-order valence-corrected chi connectivity index (χ2v) is 7.25. The minimum atomic E-state index is 0.108. The van der Waals surface area contributed by atoms with Crippen molar-refractivity contribution in [2.45, 2.75) is 33.1 Å². The van der Waals surface area contributed by atoms with Crippen LogP contribution in [0.1, 0.15) is 31.7 Å². The average molecular weight is 382 g/mol. The number of carbonyl (C=O) groups is 1. The molecular weight excluding hydrogens is 350 g/mol. The van der Waals surface area contributed by atoms with Crippen molar-refractivity contribution in [3.8, 4) is 5.75 Å². The van der Waals surface area contributed by atoms with Crippen molar-refractivity contribution in [3.63, 3.8) is 0 Å². The molecule has 1 aliphatic heterocycles. The molecule has 1 heterocycles. The van der Waals surface area contributed by atoms with E-state index in [1.807, 2.05) is 25.1 Å². The molecule has 1 aromatic rings. The molecule has 26 heavy (non-hydrogen) atoms. The number of rotatable bonds is 10. The van der Waals surface area contributed by atoms with Crippen LogP contribution in [0.5, 0.6) is 5.75 Å². The summed E-state index contributed by atoms with van der Waals surface area (Å²) in [5, 5.41) is 3.75. The van der Waals surface area contributed by atoms with Crippen molar-refractivity contribution >= 4 is 17.5 Å². The van der Waals surface area contributed by atoms with Gasteiger partial charge in [-0.1, -0.05) is 18.5 Å². The largest absolute Gasteiger partial charge is 0.494 e. The Morgan fingerprint density at radius 1 is 1.19 bits per heavy atom. The number of ether oxygens (including phenoxy) is 1. The zero-order chi connectivity index (χ0) is 18.8. The summed E-state index contributed by atoms with van der Waals surface area (Å²) in [6, 6.07) is 5.61. The highest BCUT2D eigenvalue weighted by atomic mass is 35.5. The number of amides is 1. The molecule has 0 atom stereocenters. The standard InChI is InChI=1S/C20H32ClN3O2/c1-3-23-11-13-24(14-12-23)10-5-9-22-20(25)6-4-15-26-18-7-8-19(21)17(2)16-18/h7-8,16H,3-6,9-15H2,1-2H3,(H,22,25). The Bertz CT molecular complexity index is 560. The molecule has 1 N–H and O–H groups in total. The van der Waals surface area contributed by atoms with Gasteiger partial charge in [0.1, 0.15) is 5.75 Å². The highest BCUT2D eigenvalue weighted by Crippen LogP contribution is 2.21. The number of likely N-dealkylation sites (N-methyl/N-ethyl adjacent to an activating group) is 1. The van der Waals surface area contributed by atoms with E-state index in [1.54, 1.807) is 0 Å². The molecule has 0 spiro atoms. The molecule has 1 amide bonds. The molecule has 1 fully saturated rings. The second kappa shape index (κ2) is 11.4. The molecule has 6 heteroatoms. The fourth-order valence-electron chi connectivity index (χ4n) is 3.08. The molecule has 0 aliphatic carbocycles. The maximum absolute atomic E-state index is 11.9. The molecular formula is C20H32ClN3O2. The van der Waals surface area contributed by atoms with E-state index in [4.69, 9.17) is 16.3 Å². The van der Waals surface area contributed by atoms with Gasteiger partial charge in [0.2, 0.25) is 5.91 Å². The Kier molecular flexibility index (Phi) is 9.23. The lowest BCUT2D eigenvalue weighted by molar-refractivity contribution is -0.121. The summed E-state index contributed by atoms with van der Waals surface area (Å²) in [5.41, 5.74) is 0.998. The maximum Gasteiger partial charge on any atom is 0.220 e. The molecule has 0 bridgehead atoms. The summed E-state index contributed by atoms with van der Waals surface area (Å²) in [7, 11) is 0. The molecule has 0 radical (unpaired) electrons. The molecule has 0 unspecified atom stereocenters. The summed E-state index contributed by atoms with van der Waals surface area (Å²) in [6.45, 7) is 12.3. The molecule has 1 saturated heterocycles. The van der Waals surface area contributed by atoms with E-state index in [-0.39, 0.29) is 5.91 Å². The third-order valence-corrected chi connectivity index (χ3v) is 5.26. The van der Waals surface area contributed by atoms with Crippen molar-refractivity contribution in [2.75, 3.05) is 52.4 Å². The Hall–Kier alpha value is -1.30. The summed E-state index contributed by atoms with van der Waals surface area (Å²) in [5.74, 6) is 0.909. The predicted molar refractivity (Wildman–Crippen MR) is 107 cm³/mol. The van der Waals surface area contributed by atoms with Crippen LogP contribution >= 0.6 is 11.6 Å². The van der Waals surface area contributed by atoms with Crippen LogP contribution in [0.25, 0.3) is 0 Å². The van der Waals surface area contributed by atoms with Gasteiger partial charge in [0, 0.05) is 44.2 Å². The van der Waals surface area contributed by atoms with Gasteiger partial charge >= 0.3 is 0 Å². The van der Waals surface area contributed by atoms with Gasteiger partial charge < -0.3 is 19.9 Å². The van der Waals surface area contributed by atoms with E-state index in [9.17, 15) is 4.79 Å². The SMILES string of the molecule is CCN1CCN(CCCNC(=O)CCCOc2ccc(Cl)c(C)c2)CC1. The normalized spacial score (nSPS) is 15.8. The van der Waals surface area contributed by atoms with Crippen LogP contribution in [-0.4, -0.2) is 68.1 Å². The third kappa shape index (κ3) is 7.52. The van der Waals surface area contributed by atoms with Gasteiger partial charge in [-0.2, -0.15) is 0 Å². The smallest absolute Gasteiger partial charge is 0.220 e. The molecule has 1 aliphatic rings. The number of nitrogens with one attached hydrogen (secondary N) is 1. The Balaban J connectivity index is 1.48. The van der Waals surface area contributed by atoms with Crippen molar-refractivity contribution in [3.05, 3.63) is 28.8 Å². The number of nitrogens with zero attached hydrogens (tertiary/aromatic N) is 2. The number of hydrogen-bond acceptors (Lipinski definition) is 4. The summed E-state index contributed by atoms with van der Waals surface area (Å²) in [4.78, 5) is 16.8. The minimum absolute atomic E-state index is 0.108. The zero-order valence-corrected chi connectivity index (χ0v) is 16.9. The van der Waals surface area contributed by atoms with Crippen LogP contribution in [0.15, 0.2) is 18.2 Å². The number of carbonyl (C=O) groups excluding carboxylic acids is 1. The van der Waals surface area contributed by atoms with Gasteiger partial charge in [-0.25, -0.2) is 0 Å². The second-order valence-electron chi connectivity index (χ2n) is 6.84. The molecule has 146 valence electrons. The van der Waals surface area contributed by atoms with Crippen LogP contribution in [0, 0.1) is 6.92 Å². The predicted octanol–water partition coefficient (Wildman–Crippen LogP) is 2.95. The number of halogens is 1. The highest BCUT2D eigenvalue weighted by Gasteiger charge is 2.14. The first-order valence-electron chi connectivity index (χ1n) is 9.69. The van der Waals surface area contributed by atoms with E-state index >= 15 is 0 Å². The van der Waals surface area contributed by atoms with Crippen LogP contribution in [0.4, 0.5) is 0 Å². The van der Waals surface area contributed by atoms with Crippen molar-refractivity contribution in [1.29, 1.82) is 0 Å². The van der Waals surface area contributed by atoms with E-state index in [1.165, 1.54) is 0 Å². The summed E-state index contributed by atoms with van der Waals surface area (Å²) >= 11 is 5.99. The van der Waals surface area contributed by atoms with E-state index in [0.717, 1.165) is 68.6 Å². The van der Waals surface area contributed by atoms with Crippen LogP contribution < -0.4 is 10.1 Å². The number of aryl methyl sites for hydroxylation is 1. The van der Waals surface area contributed by atoms with Crippen LogP contribution in [-0.2, 0) is 4.79 Å². The Labute approximate surface area is 162 Å². The molecule has 0 aromatic heterocycles. The average Bonchev–Trinajstić information content (AvgIpc) is 2.65. The van der Waals surface area contributed by atoms with Gasteiger partial charge in [-0.05, 0) is 56.6 Å². The quantitative estimate of drug-likeness (QED) is 0.633. The lowest BCUT2D eigenvalue weighted by Crippen LogP contribution is -2.46. The molecule has 0 saturated carbocycles. The Morgan fingerprint density at radius 2 is 1.92 bits per heavy atom. The van der Waals surface area contributed by atoms with Gasteiger partial charge in [0.05, 0.1) is 6.61 Å². The Morgan fingerprint density at radius 3 is 2.62 bits per heavy atom. The number of piperazine rings is 1. The minimum Gasteiger partial charge on any atom is -0.494 e. The molecule has 5 nitrogen and oxygen atoms in total.